The molecular weight excluding hydrogens is 372 g/mol. The van der Waals surface area contributed by atoms with Crippen molar-refractivity contribution in [1.29, 1.82) is 0 Å². The van der Waals surface area contributed by atoms with E-state index in [9.17, 15) is 9.59 Å². The van der Waals surface area contributed by atoms with Crippen molar-refractivity contribution in [3.63, 3.8) is 0 Å². The highest BCUT2D eigenvalue weighted by molar-refractivity contribution is 7.10. The third kappa shape index (κ3) is 5.09. The Morgan fingerprint density at radius 1 is 1.11 bits per heavy atom. The van der Waals surface area contributed by atoms with E-state index < -0.39 is 0 Å². The molecule has 0 atom stereocenters. The summed E-state index contributed by atoms with van der Waals surface area (Å²) in [5.41, 5.74) is 1.99. The Balaban J connectivity index is 1.80. The van der Waals surface area contributed by atoms with Crippen LogP contribution in [0.3, 0.4) is 0 Å². The van der Waals surface area contributed by atoms with Crippen LogP contribution in [0.1, 0.15) is 41.6 Å². The van der Waals surface area contributed by atoms with Gasteiger partial charge in [0.2, 0.25) is 0 Å². The molecule has 1 aromatic heterocycles. The van der Waals surface area contributed by atoms with E-state index in [4.69, 9.17) is 4.74 Å². The van der Waals surface area contributed by atoms with Gasteiger partial charge in [0, 0.05) is 23.5 Å². The summed E-state index contributed by atoms with van der Waals surface area (Å²) in [7, 11) is 0. The number of rotatable bonds is 4. The minimum Gasteiger partial charge on any atom is -0.378 e. The summed E-state index contributed by atoms with van der Waals surface area (Å²) in [6, 6.07) is 11.4. The zero-order chi connectivity index (χ0) is 20.1. The lowest BCUT2D eigenvalue weighted by Gasteiger charge is -2.27. The number of carbonyl (C=O) groups excluding carboxylic acids is 2. The first-order chi connectivity index (χ1) is 13.3. The number of benzene rings is 1. The van der Waals surface area contributed by atoms with Crippen molar-refractivity contribution in [3.8, 4) is 0 Å². The highest BCUT2D eigenvalue weighted by Gasteiger charge is 2.23. The lowest BCUT2D eigenvalue weighted by molar-refractivity contribution is -0.131. The van der Waals surface area contributed by atoms with Gasteiger partial charge in [-0.25, -0.2) is 0 Å². The molecule has 2 amide bonds. The second kappa shape index (κ2) is 8.71. The van der Waals surface area contributed by atoms with E-state index in [1.807, 2.05) is 29.6 Å². The van der Waals surface area contributed by atoms with Crippen LogP contribution in [-0.4, -0.2) is 43.0 Å². The molecule has 1 N–H and O–H groups in total. The predicted molar refractivity (Wildman–Crippen MR) is 112 cm³/mol. The molecule has 0 radical (unpaired) electrons. The van der Waals surface area contributed by atoms with Gasteiger partial charge < -0.3 is 15.0 Å². The molecule has 1 saturated heterocycles. The Morgan fingerprint density at radius 3 is 2.36 bits per heavy atom. The first-order valence-corrected chi connectivity index (χ1v) is 10.3. The third-order valence-corrected chi connectivity index (χ3v) is 5.44. The summed E-state index contributed by atoms with van der Waals surface area (Å²) in [6.45, 7) is 8.47. The van der Waals surface area contributed by atoms with Gasteiger partial charge in [0.05, 0.1) is 13.2 Å². The maximum atomic E-state index is 13.0. The summed E-state index contributed by atoms with van der Waals surface area (Å²) in [6.07, 6.45) is 1.74. The number of amides is 2. The Bertz CT molecular complexity index is 843. The maximum Gasteiger partial charge on any atom is 0.270 e. The highest BCUT2D eigenvalue weighted by atomic mass is 32.1. The highest BCUT2D eigenvalue weighted by Crippen LogP contribution is 2.22. The van der Waals surface area contributed by atoms with Crippen LogP contribution in [0, 0.1) is 0 Å². The van der Waals surface area contributed by atoms with Gasteiger partial charge in [-0.05, 0) is 40.6 Å². The Hall–Kier alpha value is -2.44. The Morgan fingerprint density at radius 2 is 1.79 bits per heavy atom. The van der Waals surface area contributed by atoms with E-state index in [1.165, 1.54) is 11.3 Å². The predicted octanol–water partition coefficient (Wildman–Crippen LogP) is 3.68. The Kier molecular flexibility index (Phi) is 6.31. The molecule has 3 rings (SSSR count). The minimum absolute atomic E-state index is 0.0194. The van der Waals surface area contributed by atoms with Gasteiger partial charge >= 0.3 is 0 Å². The SMILES string of the molecule is CC(C)(C)c1ccc(C(=O)N/C(=C\c2cccs2)C(=O)N2CCOCC2)cc1. The average Bonchev–Trinajstić information content (AvgIpc) is 3.20. The fourth-order valence-corrected chi connectivity index (χ4v) is 3.58. The van der Waals surface area contributed by atoms with E-state index in [1.54, 1.807) is 23.1 Å². The zero-order valence-corrected chi connectivity index (χ0v) is 17.3. The molecule has 1 aliphatic heterocycles. The Labute approximate surface area is 170 Å². The molecule has 6 heteroatoms. The second-order valence-electron chi connectivity index (χ2n) is 7.76. The van der Waals surface area contributed by atoms with Gasteiger partial charge in [0.15, 0.2) is 0 Å². The molecule has 0 bridgehead atoms. The molecule has 28 heavy (non-hydrogen) atoms. The zero-order valence-electron chi connectivity index (χ0n) is 16.5. The number of nitrogens with zero attached hydrogens (tertiary/aromatic N) is 1. The number of thiophene rings is 1. The van der Waals surface area contributed by atoms with Crippen molar-refractivity contribution in [2.75, 3.05) is 26.3 Å². The van der Waals surface area contributed by atoms with E-state index in [0.717, 1.165) is 10.4 Å². The average molecular weight is 399 g/mol. The topological polar surface area (TPSA) is 58.6 Å². The van der Waals surface area contributed by atoms with Crippen molar-refractivity contribution in [1.82, 2.24) is 10.2 Å². The van der Waals surface area contributed by atoms with Crippen molar-refractivity contribution < 1.29 is 14.3 Å². The summed E-state index contributed by atoms with van der Waals surface area (Å²) in [5.74, 6) is -0.471. The molecule has 0 spiro atoms. The molecule has 2 heterocycles. The molecule has 1 fully saturated rings. The van der Waals surface area contributed by atoms with Crippen LogP contribution in [0.25, 0.3) is 6.08 Å². The number of hydrogen-bond donors (Lipinski definition) is 1. The normalized spacial score (nSPS) is 15.4. The van der Waals surface area contributed by atoms with Gasteiger partial charge in [-0.15, -0.1) is 11.3 Å². The van der Waals surface area contributed by atoms with Crippen LogP contribution in [0.4, 0.5) is 0 Å². The summed E-state index contributed by atoms with van der Waals surface area (Å²) in [5, 5.41) is 4.76. The van der Waals surface area contributed by atoms with E-state index in [2.05, 4.69) is 26.1 Å². The van der Waals surface area contributed by atoms with E-state index >= 15 is 0 Å². The van der Waals surface area contributed by atoms with Crippen LogP contribution in [0.5, 0.6) is 0 Å². The fourth-order valence-electron chi connectivity index (χ4n) is 2.92. The van der Waals surface area contributed by atoms with Gasteiger partial charge in [0.25, 0.3) is 11.8 Å². The van der Waals surface area contributed by atoms with E-state index in [0.29, 0.717) is 31.9 Å². The van der Waals surface area contributed by atoms with Crippen LogP contribution in [0.2, 0.25) is 0 Å². The second-order valence-corrected chi connectivity index (χ2v) is 8.74. The molecule has 1 aromatic carbocycles. The van der Waals surface area contributed by atoms with Gasteiger partial charge in [-0.1, -0.05) is 39.0 Å². The molecule has 2 aromatic rings. The molecule has 5 nitrogen and oxygen atoms in total. The molecule has 0 saturated carbocycles. The van der Waals surface area contributed by atoms with Crippen LogP contribution in [0.15, 0.2) is 47.5 Å². The first-order valence-electron chi connectivity index (χ1n) is 9.39. The van der Waals surface area contributed by atoms with Crippen molar-refractivity contribution in [3.05, 3.63) is 63.5 Å². The lowest BCUT2D eigenvalue weighted by Crippen LogP contribution is -2.44. The molecule has 1 aliphatic rings. The van der Waals surface area contributed by atoms with Crippen LogP contribution < -0.4 is 5.32 Å². The van der Waals surface area contributed by atoms with Crippen LogP contribution in [-0.2, 0) is 14.9 Å². The fraction of sp³-hybridized carbons (Fsp3) is 0.364. The maximum absolute atomic E-state index is 13.0. The monoisotopic (exact) mass is 398 g/mol. The van der Waals surface area contributed by atoms with Gasteiger partial charge in [0.1, 0.15) is 5.70 Å². The molecular formula is C22H26N2O3S. The number of morpholine rings is 1. The molecule has 148 valence electrons. The van der Waals surface area contributed by atoms with E-state index in [-0.39, 0.29) is 22.9 Å². The number of hydrogen-bond acceptors (Lipinski definition) is 4. The molecule has 0 unspecified atom stereocenters. The van der Waals surface area contributed by atoms with Crippen LogP contribution >= 0.6 is 11.3 Å². The number of nitrogens with one attached hydrogen (secondary N) is 1. The molecule has 0 aliphatic carbocycles. The van der Waals surface area contributed by atoms with Crippen molar-refractivity contribution >= 4 is 29.2 Å². The summed E-state index contributed by atoms with van der Waals surface area (Å²) in [4.78, 5) is 28.4. The van der Waals surface area contributed by atoms with Gasteiger partial charge in [-0.2, -0.15) is 0 Å². The van der Waals surface area contributed by atoms with Gasteiger partial charge in [-0.3, -0.25) is 9.59 Å². The first kappa shape index (κ1) is 20.3. The smallest absolute Gasteiger partial charge is 0.270 e. The van der Waals surface area contributed by atoms with Crippen molar-refractivity contribution in [2.24, 2.45) is 0 Å². The standard InChI is InChI=1S/C22H26N2O3S/c1-22(2,3)17-8-6-16(7-9-17)20(25)23-19(15-18-5-4-14-28-18)21(26)24-10-12-27-13-11-24/h4-9,14-15H,10-13H2,1-3H3,(H,23,25)/b19-15-. The largest absolute Gasteiger partial charge is 0.378 e. The number of ether oxygens (including phenoxy) is 1. The summed E-state index contributed by atoms with van der Waals surface area (Å²) >= 11 is 1.52. The lowest BCUT2D eigenvalue weighted by atomic mass is 9.87. The minimum atomic E-state index is -0.287. The quantitative estimate of drug-likeness (QED) is 0.800. The number of carbonyl (C=O) groups is 2. The third-order valence-electron chi connectivity index (χ3n) is 4.62. The summed E-state index contributed by atoms with van der Waals surface area (Å²) < 4.78 is 5.33. The van der Waals surface area contributed by atoms with Crippen molar-refractivity contribution in [2.45, 2.75) is 26.2 Å².